The highest BCUT2D eigenvalue weighted by Gasteiger charge is 2.24. The van der Waals surface area contributed by atoms with Gasteiger partial charge >= 0.3 is 0 Å². The van der Waals surface area contributed by atoms with E-state index < -0.39 is 0 Å². The number of thioether (sulfide) groups is 1. The molecule has 0 spiro atoms. The molecule has 2 atom stereocenters. The lowest BCUT2D eigenvalue weighted by Gasteiger charge is -2.12. The Kier molecular flexibility index (Phi) is 2.42. The molecule has 54 valence electrons. The maximum absolute atomic E-state index is 5.59. The van der Waals surface area contributed by atoms with Crippen molar-refractivity contribution in [1.82, 2.24) is 0 Å². The minimum atomic E-state index is 0.428. The zero-order valence-corrected chi connectivity index (χ0v) is 7.07. The van der Waals surface area contributed by atoms with Gasteiger partial charge in [-0.15, -0.1) is 11.8 Å². The number of rotatable bonds is 1. The Labute approximate surface area is 61.2 Å². The molecule has 0 aromatic rings. The molecule has 0 aromatic carbocycles. The molecule has 2 heteroatoms. The van der Waals surface area contributed by atoms with Crippen LogP contribution in [0.25, 0.3) is 0 Å². The molecule has 0 amide bonds. The fourth-order valence-corrected chi connectivity index (χ4v) is 2.05. The van der Waals surface area contributed by atoms with Gasteiger partial charge in [-0.2, -0.15) is 0 Å². The third kappa shape index (κ3) is 1.87. The molecule has 0 N–H and O–H groups in total. The fourth-order valence-electron chi connectivity index (χ4n) is 0.905. The quantitative estimate of drug-likeness (QED) is 0.560. The predicted octanol–water partition coefficient (Wildman–Crippen LogP) is 2.12. The largest absolute Gasteiger partial charge is 0.364 e. The van der Waals surface area contributed by atoms with E-state index >= 15 is 0 Å². The van der Waals surface area contributed by atoms with Crippen molar-refractivity contribution in [2.45, 2.75) is 32.3 Å². The van der Waals surface area contributed by atoms with Crippen molar-refractivity contribution < 1.29 is 4.74 Å². The molecule has 0 saturated carbocycles. The summed E-state index contributed by atoms with van der Waals surface area (Å²) in [7, 11) is 0. The van der Waals surface area contributed by atoms with Crippen LogP contribution in [0.2, 0.25) is 0 Å². The second-order valence-corrected chi connectivity index (χ2v) is 4.15. The van der Waals surface area contributed by atoms with Crippen LogP contribution in [-0.2, 0) is 4.74 Å². The molecule has 1 heterocycles. The minimum absolute atomic E-state index is 0.428. The Morgan fingerprint density at radius 3 is 2.44 bits per heavy atom. The molecule has 1 nitrogen and oxygen atoms in total. The molecule has 1 fully saturated rings. The smallest absolute Gasteiger partial charge is 0.100 e. The molecule has 0 bridgehead atoms. The lowest BCUT2D eigenvalue weighted by Crippen LogP contribution is -2.17. The van der Waals surface area contributed by atoms with E-state index in [1.807, 2.05) is 11.8 Å². The maximum Gasteiger partial charge on any atom is 0.100 e. The van der Waals surface area contributed by atoms with Crippen LogP contribution in [0, 0.1) is 5.92 Å². The summed E-state index contributed by atoms with van der Waals surface area (Å²) in [5.41, 5.74) is 0.428. The van der Waals surface area contributed by atoms with Gasteiger partial charge in [-0.05, 0) is 12.8 Å². The van der Waals surface area contributed by atoms with E-state index in [0.717, 1.165) is 0 Å². The van der Waals surface area contributed by atoms with Crippen molar-refractivity contribution in [3.8, 4) is 0 Å². The first-order valence-corrected chi connectivity index (χ1v) is 4.52. The summed E-state index contributed by atoms with van der Waals surface area (Å²) in [4.78, 5) is 0. The molecular formula is C7H14OS. The molecule has 9 heavy (non-hydrogen) atoms. The highest BCUT2D eigenvalue weighted by atomic mass is 32.2. The van der Waals surface area contributed by atoms with Gasteiger partial charge in [-0.25, -0.2) is 0 Å². The lowest BCUT2D eigenvalue weighted by molar-refractivity contribution is 0.0455. The van der Waals surface area contributed by atoms with Crippen molar-refractivity contribution in [2.75, 3.05) is 5.75 Å². The van der Waals surface area contributed by atoms with Gasteiger partial charge in [0.2, 0.25) is 0 Å². The summed E-state index contributed by atoms with van der Waals surface area (Å²) in [6.07, 6.45) is 0.505. The summed E-state index contributed by atoms with van der Waals surface area (Å²) < 4.78 is 5.59. The Bertz CT molecular complexity index is 92.9. The molecular weight excluding hydrogens is 132 g/mol. The van der Waals surface area contributed by atoms with Gasteiger partial charge in [-0.3, -0.25) is 0 Å². The molecule has 0 radical (unpaired) electrons. The third-order valence-electron chi connectivity index (χ3n) is 1.61. The molecule has 1 rings (SSSR count). The average Bonchev–Trinajstić information content (AvgIpc) is 2.14. The topological polar surface area (TPSA) is 9.23 Å². The summed E-state index contributed by atoms with van der Waals surface area (Å²) in [6.45, 7) is 6.54. The van der Waals surface area contributed by atoms with Crippen LogP contribution in [0.4, 0.5) is 0 Å². The fraction of sp³-hybridized carbons (Fsp3) is 1.00. The zero-order valence-electron chi connectivity index (χ0n) is 6.26. The Morgan fingerprint density at radius 2 is 2.22 bits per heavy atom. The van der Waals surface area contributed by atoms with Crippen molar-refractivity contribution in [3.05, 3.63) is 0 Å². The number of ether oxygens (including phenoxy) is 1. The van der Waals surface area contributed by atoms with Gasteiger partial charge in [0.1, 0.15) is 5.44 Å². The highest BCUT2D eigenvalue weighted by molar-refractivity contribution is 7.99. The van der Waals surface area contributed by atoms with E-state index in [1.54, 1.807) is 0 Å². The Balaban J connectivity index is 2.30. The van der Waals surface area contributed by atoms with Crippen molar-refractivity contribution >= 4 is 11.8 Å². The monoisotopic (exact) mass is 146 g/mol. The molecule has 2 unspecified atom stereocenters. The van der Waals surface area contributed by atoms with Crippen molar-refractivity contribution in [1.29, 1.82) is 0 Å². The van der Waals surface area contributed by atoms with Crippen LogP contribution < -0.4 is 0 Å². The van der Waals surface area contributed by atoms with E-state index in [9.17, 15) is 0 Å². The van der Waals surface area contributed by atoms with Crippen LogP contribution in [0.3, 0.4) is 0 Å². The predicted molar refractivity (Wildman–Crippen MR) is 41.6 cm³/mol. The second-order valence-electron chi connectivity index (χ2n) is 2.82. The summed E-state index contributed by atoms with van der Waals surface area (Å²) in [6, 6.07) is 0. The van der Waals surface area contributed by atoms with Gasteiger partial charge in [0.15, 0.2) is 0 Å². The zero-order chi connectivity index (χ0) is 6.85. The number of hydrogen-bond donors (Lipinski definition) is 0. The maximum atomic E-state index is 5.59. The third-order valence-corrected chi connectivity index (χ3v) is 2.71. The van der Waals surface area contributed by atoms with Gasteiger partial charge in [0, 0.05) is 5.75 Å². The first-order valence-electron chi connectivity index (χ1n) is 3.47. The van der Waals surface area contributed by atoms with E-state index in [1.165, 1.54) is 5.75 Å². The van der Waals surface area contributed by atoms with Crippen LogP contribution >= 0.6 is 11.8 Å². The highest BCUT2D eigenvalue weighted by Crippen LogP contribution is 2.28. The van der Waals surface area contributed by atoms with E-state index in [0.29, 0.717) is 17.5 Å². The van der Waals surface area contributed by atoms with Crippen LogP contribution in [-0.4, -0.2) is 17.3 Å². The van der Waals surface area contributed by atoms with Crippen molar-refractivity contribution in [2.24, 2.45) is 5.92 Å². The normalized spacial score (nSPS) is 36.0. The first-order chi connectivity index (χ1) is 4.20. The van der Waals surface area contributed by atoms with E-state index in [2.05, 4.69) is 20.8 Å². The van der Waals surface area contributed by atoms with Crippen LogP contribution in [0.1, 0.15) is 20.8 Å². The van der Waals surface area contributed by atoms with Gasteiger partial charge in [-0.1, -0.05) is 13.8 Å². The second kappa shape index (κ2) is 2.93. The number of hydrogen-bond acceptors (Lipinski definition) is 2. The van der Waals surface area contributed by atoms with Gasteiger partial charge < -0.3 is 4.74 Å². The standard InChI is InChI=1S/C7H14OS/c1-5(2)7-4-9-6(3)8-7/h5-7H,4H2,1-3H3. The molecule has 1 aliphatic heterocycles. The average molecular weight is 146 g/mol. The summed E-state index contributed by atoms with van der Waals surface area (Å²) >= 11 is 1.91. The van der Waals surface area contributed by atoms with Gasteiger partial charge in [0.25, 0.3) is 0 Å². The Hall–Kier alpha value is 0.310. The van der Waals surface area contributed by atoms with Crippen LogP contribution in [0.5, 0.6) is 0 Å². The SMILES string of the molecule is CC1OC(C(C)C)CS1. The first kappa shape index (κ1) is 7.42. The molecule has 0 aromatic heterocycles. The van der Waals surface area contributed by atoms with Gasteiger partial charge in [0.05, 0.1) is 6.10 Å². The van der Waals surface area contributed by atoms with Crippen LogP contribution in [0.15, 0.2) is 0 Å². The lowest BCUT2D eigenvalue weighted by atomic mass is 10.1. The summed E-state index contributed by atoms with van der Waals surface area (Å²) in [5, 5.41) is 0. The summed E-state index contributed by atoms with van der Waals surface area (Å²) in [5.74, 6) is 1.86. The van der Waals surface area contributed by atoms with Crippen molar-refractivity contribution in [3.63, 3.8) is 0 Å². The molecule has 0 aliphatic carbocycles. The Morgan fingerprint density at radius 1 is 1.56 bits per heavy atom. The molecule has 1 aliphatic rings. The van der Waals surface area contributed by atoms with E-state index in [4.69, 9.17) is 4.74 Å². The molecule has 1 saturated heterocycles. The minimum Gasteiger partial charge on any atom is -0.364 e. The van der Waals surface area contributed by atoms with E-state index in [-0.39, 0.29) is 0 Å².